The van der Waals surface area contributed by atoms with Crippen molar-refractivity contribution in [2.45, 2.75) is 24.7 Å². The maximum atomic E-state index is 11.9. The fraction of sp³-hybridized carbons (Fsp3) is 0.800. The number of carbonyl (C=O) groups is 2. The van der Waals surface area contributed by atoms with Crippen molar-refractivity contribution in [2.24, 2.45) is 0 Å². The van der Waals surface area contributed by atoms with Crippen LogP contribution in [0.1, 0.15) is 13.8 Å². The monoisotopic (exact) mass is 292 g/mol. The van der Waals surface area contributed by atoms with Crippen LogP contribution in [0, 0.1) is 0 Å². The lowest BCUT2D eigenvalue weighted by Crippen LogP contribution is -2.57. The predicted molar refractivity (Wildman–Crippen MR) is 63.4 cm³/mol. The summed E-state index contributed by atoms with van der Waals surface area (Å²) in [5.74, 6) is -0.219. The second kappa shape index (κ2) is 6.20. The van der Waals surface area contributed by atoms with Crippen molar-refractivity contribution in [3.05, 3.63) is 0 Å². The van der Waals surface area contributed by atoms with Crippen molar-refractivity contribution >= 4 is 27.7 Å². The van der Waals surface area contributed by atoms with Gasteiger partial charge in [-0.05, 0) is 13.8 Å². The zero-order chi connectivity index (χ0) is 12.1. The zero-order valence-electron chi connectivity index (χ0n) is 9.53. The number of halogens is 1. The highest BCUT2D eigenvalue weighted by molar-refractivity contribution is 9.10. The molecule has 92 valence electrons. The third kappa shape index (κ3) is 3.18. The van der Waals surface area contributed by atoms with Crippen LogP contribution in [-0.2, 0) is 14.3 Å². The number of carbonyl (C=O) groups excluding carboxylic acids is 2. The van der Waals surface area contributed by atoms with Gasteiger partial charge >= 0.3 is 0 Å². The topological polar surface area (TPSA) is 58.6 Å². The first-order valence-corrected chi connectivity index (χ1v) is 6.29. The molecule has 0 bridgehead atoms. The van der Waals surface area contributed by atoms with Gasteiger partial charge in [-0.3, -0.25) is 9.59 Å². The zero-order valence-corrected chi connectivity index (χ0v) is 11.1. The lowest BCUT2D eigenvalue weighted by molar-refractivity contribution is -0.147. The maximum Gasteiger partial charge on any atom is 0.245 e. The van der Waals surface area contributed by atoms with Crippen molar-refractivity contribution in [1.29, 1.82) is 0 Å². The summed E-state index contributed by atoms with van der Waals surface area (Å²) in [6.07, 6.45) is 0. The van der Waals surface area contributed by atoms with Crippen molar-refractivity contribution in [3.63, 3.8) is 0 Å². The molecular weight excluding hydrogens is 276 g/mol. The number of rotatable bonds is 3. The molecule has 0 saturated carbocycles. The first-order valence-electron chi connectivity index (χ1n) is 5.38. The highest BCUT2D eigenvalue weighted by Crippen LogP contribution is 2.12. The Morgan fingerprint density at radius 2 is 2.31 bits per heavy atom. The Bertz CT molecular complexity index is 271. The van der Waals surface area contributed by atoms with E-state index in [1.165, 1.54) is 0 Å². The van der Waals surface area contributed by atoms with Crippen molar-refractivity contribution in [3.8, 4) is 0 Å². The number of alkyl halides is 1. The Morgan fingerprint density at radius 1 is 1.62 bits per heavy atom. The van der Waals surface area contributed by atoms with E-state index in [1.54, 1.807) is 11.8 Å². The Kier molecular flexibility index (Phi) is 5.21. The molecule has 16 heavy (non-hydrogen) atoms. The SMILES string of the molecule is CCNC(=O)C1COCCN1C(=O)C(C)Br. The number of likely N-dealkylation sites (N-methyl/N-ethyl adjacent to an activating group) is 1. The van der Waals surface area contributed by atoms with Gasteiger partial charge in [0.05, 0.1) is 18.0 Å². The lowest BCUT2D eigenvalue weighted by Gasteiger charge is -2.35. The Hall–Kier alpha value is -0.620. The Labute approximate surface area is 104 Å². The molecule has 6 heteroatoms. The minimum Gasteiger partial charge on any atom is -0.377 e. The predicted octanol–water partition coefficient (Wildman–Crippen LogP) is 0.133. The number of morpholine rings is 1. The number of nitrogens with one attached hydrogen (secondary N) is 1. The average Bonchev–Trinajstić information content (AvgIpc) is 2.28. The van der Waals surface area contributed by atoms with Gasteiger partial charge in [0.2, 0.25) is 11.8 Å². The third-order valence-corrected chi connectivity index (χ3v) is 2.80. The molecule has 1 aliphatic heterocycles. The van der Waals surface area contributed by atoms with Gasteiger partial charge in [-0.2, -0.15) is 0 Å². The summed E-state index contributed by atoms with van der Waals surface area (Å²) < 4.78 is 5.24. The number of ether oxygens (including phenoxy) is 1. The highest BCUT2D eigenvalue weighted by atomic mass is 79.9. The number of hydrogen-bond acceptors (Lipinski definition) is 3. The summed E-state index contributed by atoms with van der Waals surface area (Å²) in [5, 5.41) is 2.71. The lowest BCUT2D eigenvalue weighted by atomic mass is 10.2. The number of hydrogen-bond donors (Lipinski definition) is 1. The van der Waals surface area contributed by atoms with Crippen LogP contribution in [0.4, 0.5) is 0 Å². The van der Waals surface area contributed by atoms with E-state index in [0.29, 0.717) is 19.7 Å². The molecule has 1 aliphatic rings. The van der Waals surface area contributed by atoms with E-state index in [9.17, 15) is 9.59 Å². The first-order chi connectivity index (χ1) is 7.57. The van der Waals surface area contributed by atoms with Crippen LogP contribution in [0.25, 0.3) is 0 Å². The van der Waals surface area contributed by atoms with E-state index in [1.807, 2.05) is 6.92 Å². The second-order valence-electron chi connectivity index (χ2n) is 3.63. The molecule has 2 unspecified atom stereocenters. The van der Waals surface area contributed by atoms with Crippen molar-refractivity contribution in [1.82, 2.24) is 10.2 Å². The van der Waals surface area contributed by atoms with Gasteiger partial charge in [0.1, 0.15) is 6.04 Å². The fourth-order valence-electron chi connectivity index (χ4n) is 1.61. The average molecular weight is 293 g/mol. The molecular formula is C10H17BrN2O3. The molecule has 0 radical (unpaired) electrons. The van der Waals surface area contributed by atoms with E-state index in [-0.39, 0.29) is 23.2 Å². The molecule has 1 rings (SSSR count). The molecule has 0 aromatic rings. The van der Waals surface area contributed by atoms with Gasteiger partial charge in [-0.1, -0.05) is 15.9 Å². The minimum atomic E-state index is -0.499. The summed E-state index contributed by atoms with van der Waals surface area (Å²) in [5.41, 5.74) is 0. The summed E-state index contributed by atoms with van der Waals surface area (Å²) in [7, 11) is 0. The normalized spacial score (nSPS) is 22.7. The molecule has 2 amide bonds. The molecule has 0 aliphatic carbocycles. The molecule has 5 nitrogen and oxygen atoms in total. The van der Waals surface area contributed by atoms with Gasteiger partial charge in [0.15, 0.2) is 0 Å². The van der Waals surface area contributed by atoms with Crippen LogP contribution in [0.2, 0.25) is 0 Å². The van der Waals surface area contributed by atoms with Crippen LogP contribution in [0.5, 0.6) is 0 Å². The quantitative estimate of drug-likeness (QED) is 0.753. The largest absolute Gasteiger partial charge is 0.377 e. The van der Waals surface area contributed by atoms with Crippen molar-refractivity contribution in [2.75, 3.05) is 26.3 Å². The fourth-order valence-corrected chi connectivity index (χ4v) is 1.87. The summed E-state index contributed by atoms with van der Waals surface area (Å²) in [6.45, 7) is 5.39. The van der Waals surface area contributed by atoms with E-state index in [2.05, 4.69) is 21.2 Å². The van der Waals surface area contributed by atoms with Gasteiger partial charge in [-0.15, -0.1) is 0 Å². The van der Waals surface area contributed by atoms with E-state index >= 15 is 0 Å². The summed E-state index contributed by atoms with van der Waals surface area (Å²) >= 11 is 3.23. The molecule has 1 fully saturated rings. The van der Waals surface area contributed by atoms with Crippen LogP contribution in [0.15, 0.2) is 0 Å². The molecule has 1 saturated heterocycles. The molecule has 0 aromatic heterocycles. The van der Waals surface area contributed by atoms with Gasteiger partial charge in [0, 0.05) is 13.1 Å². The van der Waals surface area contributed by atoms with Gasteiger partial charge in [-0.25, -0.2) is 0 Å². The standard InChI is InChI=1S/C10H17BrN2O3/c1-3-12-9(14)8-6-16-5-4-13(8)10(15)7(2)11/h7-8H,3-6H2,1-2H3,(H,12,14). The highest BCUT2D eigenvalue weighted by Gasteiger charge is 2.33. The van der Waals surface area contributed by atoms with E-state index < -0.39 is 6.04 Å². The third-order valence-electron chi connectivity index (χ3n) is 2.41. The summed E-state index contributed by atoms with van der Waals surface area (Å²) in [4.78, 5) is 24.9. The number of nitrogens with zero attached hydrogens (tertiary/aromatic N) is 1. The minimum absolute atomic E-state index is 0.0699. The van der Waals surface area contributed by atoms with Crippen LogP contribution in [0.3, 0.4) is 0 Å². The first kappa shape index (κ1) is 13.4. The van der Waals surface area contributed by atoms with E-state index in [0.717, 1.165) is 0 Å². The van der Waals surface area contributed by atoms with Crippen molar-refractivity contribution < 1.29 is 14.3 Å². The molecule has 2 atom stereocenters. The van der Waals surface area contributed by atoms with E-state index in [4.69, 9.17) is 4.74 Å². The second-order valence-corrected chi connectivity index (χ2v) is 5.01. The van der Waals surface area contributed by atoms with Gasteiger partial charge < -0.3 is 15.0 Å². The summed E-state index contributed by atoms with van der Waals surface area (Å²) in [6, 6.07) is -0.499. The Balaban J connectivity index is 2.71. The van der Waals surface area contributed by atoms with Crippen LogP contribution in [-0.4, -0.2) is 53.9 Å². The molecule has 1 N–H and O–H groups in total. The molecule has 0 spiro atoms. The maximum absolute atomic E-state index is 11.9. The Morgan fingerprint density at radius 3 is 2.88 bits per heavy atom. The van der Waals surface area contributed by atoms with Crippen LogP contribution >= 0.6 is 15.9 Å². The van der Waals surface area contributed by atoms with Crippen LogP contribution < -0.4 is 5.32 Å². The smallest absolute Gasteiger partial charge is 0.245 e. The molecule has 0 aromatic carbocycles. The number of amides is 2. The van der Waals surface area contributed by atoms with Gasteiger partial charge in [0.25, 0.3) is 0 Å². The molecule has 1 heterocycles.